The third-order valence-corrected chi connectivity index (χ3v) is 5.28. The Kier molecular flexibility index (Phi) is 9.93. The number of hydrazone groups is 1. The zero-order valence-corrected chi connectivity index (χ0v) is 19.4. The lowest BCUT2D eigenvalue weighted by Gasteiger charge is -2.29. The van der Waals surface area contributed by atoms with E-state index in [9.17, 15) is 14.7 Å². The molecule has 2 fully saturated rings. The third kappa shape index (κ3) is 9.01. The number of quaternary nitrogens is 1. The van der Waals surface area contributed by atoms with E-state index in [2.05, 4.69) is 35.6 Å². The van der Waals surface area contributed by atoms with Crippen LogP contribution in [0.25, 0.3) is 0 Å². The second kappa shape index (κ2) is 13.6. The molecule has 0 spiro atoms. The first-order valence-electron chi connectivity index (χ1n) is 11.5. The number of piperazine rings is 1. The van der Waals surface area contributed by atoms with Crippen LogP contribution in [0.3, 0.4) is 0 Å². The number of nitrogens with zero attached hydrogens (tertiary/aromatic N) is 6. The smallest absolute Gasteiger partial charge is 0.328 e. The van der Waals surface area contributed by atoms with Gasteiger partial charge in [-0.25, -0.2) is 10.2 Å². The Bertz CT molecular complexity index is 967. The lowest BCUT2D eigenvalue weighted by molar-refractivity contribution is -0.655. The molecule has 2 saturated heterocycles. The normalized spacial score (nSPS) is 16.1. The molecule has 4 rings (SSSR count). The first-order valence-corrected chi connectivity index (χ1v) is 11.5. The summed E-state index contributed by atoms with van der Waals surface area (Å²) in [6, 6.07) is 9.99. The van der Waals surface area contributed by atoms with Crippen LogP contribution in [0.1, 0.15) is 24.8 Å². The minimum atomic E-state index is -1.51. The number of anilines is 3. The highest BCUT2D eigenvalue weighted by molar-refractivity contribution is 5.88. The zero-order valence-electron chi connectivity index (χ0n) is 19.4. The number of piperidine rings is 1. The standard InChI is InChI=1S/C19H26N8.C4H4O4/c1-3-7-16(8-4-1)15-21-25-17-22-18(26-11-5-2-6-12-26)24-19(23-17)27-13-9-20-10-14-27;5-3(6)1-2-4(7)8/h1,3-4,7-8,15,20H,2,5-6,9-14H2,(H,22,23,24,25);1-2H,(H,5,6)(H,7,8)/b21-15+;2-1+. The molecule has 4 N–H and O–H groups in total. The molecular weight excluding hydrogens is 452 g/mol. The van der Waals surface area contributed by atoms with Crippen LogP contribution < -0.4 is 25.6 Å². The van der Waals surface area contributed by atoms with Gasteiger partial charge in [-0.15, -0.1) is 0 Å². The lowest BCUT2D eigenvalue weighted by Crippen LogP contribution is -2.89. The number of carboxylic acid groups (broad SMARTS) is 2. The molecule has 3 heterocycles. The van der Waals surface area contributed by atoms with Gasteiger partial charge in [0, 0.05) is 19.2 Å². The van der Waals surface area contributed by atoms with Crippen LogP contribution in [0.15, 0.2) is 47.6 Å². The van der Waals surface area contributed by atoms with E-state index in [1.165, 1.54) is 19.3 Å². The maximum absolute atomic E-state index is 9.53. The van der Waals surface area contributed by atoms with E-state index in [1.54, 1.807) is 6.21 Å². The highest BCUT2D eigenvalue weighted by Crippen LogP contribution is 2.20. The summed E-state index contributed by atoms with van der Waals surface area (Å²) in [5.74, 6) is -0.799. The number of carboxylic acids is 2. The minimum absolute atomic E-state index is 0.447. The van der Waals surface area contributed by atoms with Crippen molar-refractivity contribution in [1.82, 2.24) is 15.0 Å². The Balaban J connectivity index is 0.000000371. The van der Waals surface area contributed by atoms with Gasteiger partial charge in [-0.1, -0.05) is 30.3 Å². The number of nitrogens with two attached hydrogens (primary N) is 1. The summed E-state index contributed by atoms with van der Waals surface area (Å²) < 4.78 is 0. The predicted molar refractivity (Wildman–Crippen MR) is 129 cm³/mol. The fourth-order valence-corrected chi connectivity index (χ4v) is 3.57. The average molecular weight is 483 g/mol. The van der Waals surface area contributed by atoms with Crippen LogP contribution in [0, 0.1) is 0 Å². The molecule has 2 aliphatic rings. The van der Waals surface area contributed by atoms with Crippen LogP contribution in [0.2, 0.25) is 0 Å². The minimum Gasteiger partial charge on any atom is -0.545 e. The number of aromatic nitrogens is 3. The summed E-state index contributed by atoms with van der Waals surface area (Å²) in [5.41, 5.74) is 4.03. The van der Waals surface area contributed by atoms with E-state index < -0.39 is 11.9 Å². The topological polar surface area (TPSA) is 164 Å². The van der Waals surface area contributed by atoms with E-state index in [0.29, 0.717) is 18.1 Å². The summed E-state index contributed by atoms with van der Waals surface area (Å²) >= 11 is 0. The molecule has 12 heteroatoms. The third-order valence-electron chi connectivity index (χ3n) is 5.28. The second-order valence-corrected chi connectivity index (χ2v) is 7.93. The fourth-order valence-electron chi connectivity index (χ4n) is 3.57. The highest BCUT2D eigenvalue weighted by Gasteiger charge is 2.21. The monoisotopic (exact) mass is 482 g/mol. The molecule has 0 radical (unpaired) electrons. The lowest BCUT2D eigenvalue weighted by atomic mass is 10.1. The summed E-state index contributed by atoms with van der Waals surface area (Å²) in [7, 11) is 0. The van der Waals surface area contributed by atoms with Crippen LogP contribution in [0.4, 0.5) is 17.8 Å². The number of nitrogens with one attached hydrogen (secondary N) is 1. The van der Waals surface area contributed by atoms with Gasteiger partial charge in [0.25, 0.3) is 0 Å². The van der Waals surface area contributed by atoms with Crippen molar-refractivity contribution in [1.29, 1.82) is 0 Å². The molecule has 12 nitrogen and oxygen atoms in total. The second-order valence-electron chi connectivity index (χ2n) is 7.93. The summed E-state index contributed by atoms with van der Waals surface area (Å²) in [6.07, 6.45) is 6.38. The van der Waals surface area contributed by atoms with Crippen LogP contribution >= 0.6 is 0 Å². The van der Waals surface area contributed by atoms with Gasteiger partial charge in [0.1, 0.15) is 0 Å². The molecule has 0 saturated carbocycles. The SMILES string of the molecule is C(=N\Nc1nc(N2CCCCC2)nc(N2CC[NH2+]CC2)n1)/c1ccccc1.O=C([O-])/C=C/C(=O)O. The van der Waals surface area contributed by atoms with Gasteiger partial charge >= 0.3 is 5.97 Å². The number of rotatable bonds is 7. The van der Waals surface area contributed by atoms with Gasteiger partial charge in [0.15, 0.2) is 0 Å². The predicted octanol–water partition coefficient (Wildman–Crippen LogP) is -0.932. The summed E-state index contributed by atoms with van der Waals surface area (Å²) in [6.45, 7) is 6.06. The van der Waals surface area contributed by atoms with Crippen LogP contribution in [-0.2, 0) is 9.59 Å². The van der Waals surface area contributed by atoms with E-state index in [1.807, 2.05) is 30.3 Å². The van der Waals surface area contributed by atoms with Gasteiger partial charge in [-0.2, -0.15) is 20.1 Å². The van der Waals surface area contributed by atoms with Crippen molar-refractivity contribution in [2.24, 2.45) is 5.10 Å². The Morgan fingerprint density at radius 1 is 0.943 bits per heavy atom. The van der Waals surface area contributed by atoms with Crippen molar-refractivity contribution in [3.05, 3.63) is 48.0 Å². The quantitative estimate of drug-likeness (QED) is 0.255. The molecule has 2 aromatic rings. The largest absolute Gasteiger partial charge is 0.545 e. The first-order chi connectivity index (χ1) is 17.0. The van der Waals surface area contributed by atoms with Crippen molar-refractivity contribution < 1.29 is 25.1 Å². The van der Waals surface area contributed by atoms with E-state index >= 15 is 0 Å². The number of carbonyl (C=O) groups excluding carboxylic acids is 1. The van der Waals surface area contributed by atoms with Crippen molar-refractivity contribution >= 4 is 36.0 Å². The maximum Gasteiger partial charge on any atom is 0.328 e. The van der Waals surface area contributed by atoms with Crippen molar-refractivity contribution in [2.75, 3.05) is 54.5 Å². The van der Waals surface area contributed by atoms with Gasteiger partial charge in [0.05, 0.1) is 38.4 Å². The molecule has 0 unspecified atom stereocenters. The average Bonchev–Trinajstić information content (AvgIpc) is 2.89. The van der Waals surface area contributed by atoms with E-state index in [-0.39, 0.29) is 0 Å². The summed E-state index contributed by atoms with van der Waals surface area (Å²) in [5, 5.41) is 23.9. The van der Waals surface area contributed by atoms with Crippen LogP contribution in [0.5, 0.6) is 0 Å². The van der Waals surface area contributed by atoms with Crippen molar-refractivity contribution in [2.45, 2.75) is 19.3 Å². The van der Waals surface area contributed by atoms with Crippen molar-refractivity contribution in [3.63, 3.8) is 0 Å². The zero-order chi connectivity index (χ0) is 24.9. The van der Waals surface area contributed by atoms with Gasteiger partial charge < -0.3 is 30.1 Å². The molecule has 0 amide bonds. The van der Waals surface area contributed by atoms with Gasteiger partial charge in [-0.05, 0) is 30.9 Å². The Labute approximate surface area is 203 Å². The van der Waals surface area contributed by atoms with Crippen molar-refractivity contribution in [3.8, 4) is 0 Å². The highest BCUT2D eigenvalue weighted by atomic mass is 16.4. The summed E-state index contributed by atoms with van der Waals surface area (Å²) in [4.78, 5) is 37.5. The molecule has 0 aliphatic carbocycles. The van der Waals surface area contributed by atoms with E-state index in [4.69, 9.17) is 10.1 Å². The molecule has 0 bridgehead atoms. The molecule has 1 aromatic carbocycles. The van der Waals surface area contributed by atoms with Gasteiger partial charge in [-0.3, -0.25) is 0 Å². The Hall–Kier alpha value is -4.06. The number of benzene rings is 1. The Morgan fingerprint density at radius 3 is 2.14 bits per heavy atom. The number of hydrogen-bond acceptors (Lipinski definition) is 10. The van der Waals surface area contributed by atoms with Gasteiger partial charge in [0.2, 0.25) is 17.8 Å². The maximum atomic E-state index is 9.53. The molecule has 2 aliphatic heterocycles. The fraction of sp³-hybridized carbons (Fsp3) is 0.391. The van der Waals surface area contributed by atoms with E-state index in [0.717, 1.165) is 56.7 Å². The number of carbonyl (C=O) groups is 2. The molecule has 35 heavy (non-hydrogen) atoms. The van der Waals surface area contributed by atoms with Crippen LogP contribution in [-0.4, -0.2) is 77.5 Å². The first kappa shape index (κ1) is 25.6. The molecule has 1 aromatic heterocycles. The molecular formula is C23H30N8O4. The molecule has 0 atom stereocenters. The Morgan fingerprint density at radius 2 is 1.57 bits per heavy atom. The number of aliphatic carboxylic acids is 2. The number of hydrogen-bond donors (Lipinski definition) is 3. The molecule has 186 valence electrons.